The molecule has 0 N–H and O–H groups in total. The first kappa shape index (κ1) is 17.8. The molecular formula is C24H36N2O2. The van der Waals surface area contributed by atoms with Crippen LogP contribution in [0, 0.1) is 35.0 Å². The third kappa shape index (κ3) is 2.76. The molecule has 154 valence electrons. The molecule has 4 nitrogen and oxygen atoms in total. The molecule has 0 aromatic carbocycles. The van der Waals surface area contributed by atoms with Crippen LogP contribution >= 0.6 is 0 Å². The van der Waals surface area contributed by atoms with Crippen molar-refractivity contribution in [3.8, 4) is 0 Å². The maximum absolute atomic E-state index is 13.8. The minimum Gasteiger partial charge on any atom is -0.340 e. The van der Waals surface area contributed by atoms with Crippen LogP contribution < -0.4 is 0 Å². The number of hydrogen-bond donors (Lipinski definition) is 0. The molecule has 0 aromatic rings. The summed E-state index contributed by atoms with van der Waals surface area (Å²) in [5.41, 5.74) is -0.101. The van der Waals surface area contributed by atoms with Crippen molar-refractivity contribution in [1.82, 2.24) is 9.80 Å². The molecule has 7 aliphatic rings. The molecule has 4 heteroatoms. The van der Waals surface area contributed by atoms with Crippen LogP contribution in [0.15, 0.2) is 0 Å². The van der Waals surface area contributed by atoms with Crippen LogP contribution in [-0.4, -0.2) is 47.3 Å². The zero-order chi connectivity index (χ0) is 18.9. The fraction of sp³-hybridized carbons (Fsp3) is 0.917. The van der Waals surface area contributed by atoms with E-state index in [-0.39, 0.29) is 17.4 Å². The number of fused-ring (bicyclic) bond motifs is 2. The van der Waals surface area contributed by atoms with E-state index >= 15 is 0 Å². The van der Waals surface area contributed by atoms with Gasteiger partial charge < -0.3 is 9.80 Å². The van der Waals surface area contributed by atoms with E-state index in [4.69, 9.17) is 0 Å². The quantitative estimate of drug-likeness (QED) is 0.726. The van der Waals surface area contributed by atoms with E-state index in [1.54, 1.807) is 0 Å². The van der Waals surface area contributed by atoms with Crippen LogP contribution in [0.2, 0.25) is 0 Å². The Morgan fingerprint density at radius 3 is 1.89 bits per heavy atom. The predicted octanol–water partition coefficient (Wildman–Crippen LogP) is 3.84. The van der Waals surface area contributed by atoms with Crippen LogP contribution in [0.25, 0.3) is 0 Å². The summed E-state index contributed by atoms with van der Waals surface area (Å²) in [6, 6.07) is -0.153. The Bertz CT molecular complexity index is 626. The molecule has 2 heterocycles. The summed E-state index contributed by atoms with van der Waals surface area (Å²) >= 11 is 0. The Balaban J connectivity index is 1.20. The number of amides is 2. The summed E-state index contributed by atoms with van der Waals surface area (Å²) in [4.78, 5) is 31.6. The van der Waals surface area contributed by atoms with Crippen molar-refractivity contribution in [3.63, 3.8) is 0 Å². The van der Waals surface area contributed by atoms with Gasteiger partial charge in [-0.2, -0.15) is 0 Å². The summed E-state index contributed by atoms with van der Waals surface area (Å²) in [7, 11) is 0. The van der Waals surface area contributed by atoms with Crippen LogP contribution in [0.5, 0.6) is 0 Å². The van der Waals surface area contributed by atoms with E-state index < -0.39 is 0 Å². The van der Waals surface area contributed by atoms with Gasteiger partial charge in [-0.15, -0.1) is 0 Å². The summed E-state index contributed by atoms with van der Waals surface area (Å²) in [6.45, 7) is 2.72. The average molecular weight is 385 g/mol. The third-order valence-corrected chi connectivity index (χ3v) is 9.45. The van der Waals surface area contributed by atoms with Crippen molar-refractivity contribution in [2.75, 3.05) is 19.6 Å². The van der Waals surface area contributed by atoms with Gasteiger partial charge >= 0.3 is 0 Å². The Labute approximate surface area is 169 Å². The molecule has 2 amide bonds. The second kappa shape index (κ2) is 6.47. The van der Waals surface area contributed by atoms with Crippen molar-refractivity contribution in [2.24, 2.45) is 35.0 Å². The van der Waals surface area contributed by atoms with Gasteiger partial charge in [0.15, 0.2) is 0 Å². The van der Waals surface area contributed by atoms with Crippen LogP contribution in [0.4, 0.5) is 0 Å². The monoisotopic (exact) mass is 384 g/mol. The fourth-order valence-corrected chi connectivity index (χ4v) is 8.77. The first-order valence-electron chi connectivity index (χ1n) is 12.2. The molecule has 28 heavy (non-hydrogen) atoms. The van der Waals surface area contributed by atoms with Gasteiger partial charge in [0.1, 0.15) is 6.04 Å². The molecule has 2 aliphatic heterocycles. The van der Waals surface area contributed by atoms with Crippen LogP contribution in [-0.2, 0) is 9.59 Å². The summed E-state index contributed by atoms with van der Waals surface area (Å²) < 4.78 is 0. The highest BCUT2D eigenvalue weighted by molar-refractivity contribution is 5.91. The maximum Gasteiger partial charge on any atom is 0.245 e. The lowest BCUT2D eigenvalue weighted by atomic mass is 9.49. The molecule has 0 aromatic heterocycles. The molecule has 7 fully saturated rings. The highest BCUT2D eigenvalue weighted by atomic mass is 16.2. The number of rotatable bonds is 2. The van der Waals surface area contributed by atoms with Crippen LogP contribution in [0.1, 0.15) is 77.0 Å². The largest absolute Gasteiger partial charge is 0.340 e. The number of carbonyl (C=O) groups is 2. The molecule has 7 rings (SSSR count). The van der Waals surface area contributed by atoms with Crippen molar-refractivity contribution < 1.29 is 9.59 Å². The van der Waals surface area contributed by atoms with Gasteiger partial charge in [-0.3, -0.25) is 9.59 Å². The number of piperidine rings is 1. The van der Waals surface area contributed by atoms with Crippen molar-refractivity contribution >= 4 is 11.8 Å². The van der Waals surface area contributed by atoms with Gasteiger partial charge in [-0.05, 0) is 100 Å². The topological polar surface area (TPSA) is 40.6 Å². The van der Waals surface area contributed by atoms with Gasteiger partial charge in [0.05, 0.1) is 5.41 Å². The van der Waals surface area contributed by atoms with E-state index in [2.05, 4.69) is 9.80 Å². The second-order valence-corrected chi connectivity index (χ2v) is 11.5. The van der Waals surface area contributed by atoms with Crippen molar-refractivity contribution in [3.05, 3.63) is 0 Å². The van der Waals surface area contributed by atoms with Gasteiger partial charge in [0.25, 0.3) is 0 Å². The highest BCUT2D eigenvalue weighted by Crippen LogP contribution is 2.60. The van der Waals surface area contributed by atoms with Gasteiger partial charge in [-0.1, -0.05) is 6.42 Å². The fourth-order valence-electron chi connectivity index (χ4n) is 8.77. The first-order valence-corrected chi connectivity index (χ1v) is 12.2. The van der Waals surface area contributed by atoms with Crippen LogP contribution in [0.3, 0.4) is 0 Å². The molecule has 0 spiro atoms. The Morgan fingerprint density at radius 2 is 1.29 bits per heavy atom. The van der Waals surface area contributed by atoms with E-state index in [9.17, 15) is 9.59 Å². The third-order valence-electron chi connectivity index (χ3n) is 9.45. The highest BCUT2D eigenvalue weighted by Gasteiger charge is 2.57. The van der Waals surface area contributed by atoms with E-state index in [1.807, 2.05) is 0 Å². The molecular weight excluding hydrogens is 348 g/mol. The lowest BCUT2D eigenvalue weighted by Crippen LogP contribution is -2.58. The van der Waals surface area contributed by atoms with E-state index in [1.165, 1.54) is 44.9 Å². The molecule has 6 bridgehead atoms. The number of hydrogen-bond acceptors (Lipinski definition) is 2. The minimum absolute atomic E-state index is 0.101. The second-order valence-electron chi connectivity index (χ2n) is 11.5. The lowest BCUT2D eigenvalue weighted by molar-refractivity contribution is -0.162. The Morgan fingerprint density at radius 1 is 0.714 bits per heavy atom. The van der Waals surface area contributed by atoms with Crippen molar-refractivity contribution in [2.45, 2.75) is 83.1 Å². The summed E-state index contributed by atoms with van der Waals surface area (Å²) in [5.74, 6) is 4.44. The number of nitrogens with zero attached hydrogens (tertiary/aromatic N) is 2. The average Bonchev–Trinajstić information content (AvgIpc) is 3.15. The number of likely N-dealkylation sites (tertiary alicyclic amines) is 2. The van der Waals surface area contributed by atoms with E-state index in [0.29, 0.717) is 17.7 Å². The molecule has 2 saturated heterocycles. The zero-order valence-corrected chi connectivity index (χ0v) is 17.3. The summed E-state index contributed by atoms with van der Waals surface area (Å²) in [6.07, 6.45) is 14.6. The number of carbonyl (C=O) groups excluding carboxylic acids is 2. The first-order chi connectivity index (χ1) is 13.6. The molecule has 3 atom stereocenters. The standard InChI is InChI=1S/C24H36N2O2/c27-22(25-14-16-3-1-4-17(7-16)15-25)21-5-2-6-26(21)23(28)24-11-18-8-19(12-24)10-20(9-18)13-24/h16-21H,1-15H2. The Hall–Kier alpha value is -1.06. The molecule has 3 unspecified atom stereocenters. The normalized spacial score (nSPS) is 46.9. The molecule has 5 saturated carbocycles. The molecule has 0 radical (unpaired) electrons. The predicted molar refractivity (Wildman–Crippen MR) is 107 cm³/mol. The minimum atomic E-state index is -0.153. The van der Waals surface area contributed by atoms with Gasteiger partial charge in [0, 0.05) is 19.6 Å². The SMILES string of the molecule is O=C(C1CCCN1C(=O)C12CC3CC(CC(C3)C1)C2)N1CC2CCCC(C2)C1. The Kier molecular flexibility index (Phi) is 4.11. The van der Waals surface area contributed by atoms with E-state index in [0.717, 1.165) is 69.5 Å². The summed E-state index contributed by atoms with van der Waals surface area (Å²) in [5, 5.41) is 0. The smallest absolute Gasteiger partial charge is 0.245 e. The zero-order valence-electron chi connectivity index (χ0n) is 17.3. The van der Waals surface area contributed by atoms with Gasteiger partial charge in [-0.25, -0.2) is 0 Å². The van der Waals surface area contributed by atoms with Gasteiger partial charge in [0.2, 0.25) is 11.8 Å². The lowest BCUT2D eigenvalue weighted by Gasteiger charge is -2.56. The molecule has 5 aliphatic carbocycles. The van der Waals surface area contributed by atoms with Crippen molar-refractivity contribution in [1.29, 1.82) is 0 Å². The maximum atomic E-state index is 13.8.